The highest BCUT2D eigenvalue weighted by Gasteiger charge is 2.18. The van der Waals surface area contributed by atoms with Crippen LogP contribution in [0.5, 0.6) is 0 Å². The number of hydrogen-bond acceptors (Lipinski definition) is 4. The van der Waals surface area contributed by atoms with Crippen LogP contribution in [0.15, 0.2) is 30.5 Å². The van der Waals surface area contributed by atoms with Crippen molar-refractivity contribution in [3.8, 4) is 11.3 Å². The number of piperidine rings is 1. The van der Waals surface area contributed by atoms with Gasteiger partial charge in [0.25, 0.3) is 0 Å². The largest absolute Gasteiger partial charge is 0.393 e. The first-order valence-electron chi connectivity index (χ1n) is 7.15. The second-order valence-corrected chi connectivity index (χ2v) is 5.82. The van der Waals surface area contributed by atoms with E-state index in [2.05, 4.69) is 40.0 Å². The number of benzene rings is 1. The Bertz CT molecular complexity index is 639. The van der Waals surface area contributed by atoms with E-state index in [-0.39, 0.29) is 11.4 Å². The minimum atomic E-state index is -0.161. The van der Waals surface area contributed by atoms with Gasteiger partial charge in [-0.1, -0.05) is 0 Å². The molecule has 0 bridgehead atoms. The van der Waals surface area contributed by atoms with E-state index < -0.39 is 0 Å². The van der Waals surface area contributed by atoms with Crippen molar-refractivity contribution in [3.63, 3.8) is 0 Å². The highest BCUT2D eigenvalue weighted by atomic mass is 35.5. The number of aryl methyl sites for hydroxylation is 1. The van der Waals surface area contributed by atoms with Crippen LogP contribution in [-0.2, 0) is 0 Å². The molecule has 0 aliphatic carbocycles. The molecule has 2 heterocycles. The van der Waals surface area contributed by atoms with Crippen LogP contribution in [0.4, 0.5) is 5.69 Å². The Kier molecular flexibility index (Phi) is 4.08. The Balaban J connectivity index is 1.93. The summed E-state index contributed by atoms with van der Waals surface area (Å²) < 4.78 is 0. The molecule has 0 unspecified atom stereocenters. The molecule has 1 aromatic heterocycles. The van der Waals surface area contributed by atoms with Crippen LogP contribution < -0.4 is 4.90 Å². The van der Waals surface area contributed by atoms with Gasteiger partial charge >= 0.3 is 0 Å². The van der Waals surface area contributed by atoms with Crippen LogP contribution in [0, 0.1) is 6.92 Å². The second-order valence-electron chi connectivity index (χ2n) is 5.49. The van der Waals surface area contributed by atoms with Crippen LogP contribution in [-0.4, -0.2) is 34.3 Å². The lowest BCUT2D eigenvalue weighted by atomic mass is 10.0. The van der Waals surface area contributed by atoms with E-state index in [1.165, 1.54) is 11.3 Å². The topological polar surface area (TPSA) is 49.2 Å². The first-order chi connectivity index (χ1) is 10.1. The van der Waals surface area contributed by atoms with Gasteiger partial charge in [0.05, 0.1) is 11.8 Å². The zero-order chi connectivity index (χ0) is 14.8. The first kappa shape index (κ1) is 14.3. The van der Waals surface area contributed by atoms with Gasteiger partial charge in [0.2, 0.25) is 5.28 Å². The summed E-state index contributed by atoms with van der Waals surface area (Å²) in [5.74, 6) is 0. The molecule has 5 heteroatoms. The molecule has 3 rings (SSSR count). The van der Waals surface area contributed by atoms with Crippen LogP contribution in [0.1, 0.15) is 18.4 Å². The van der Waals surface area contributed by atoms with Gasteiger partial charge in [0.15, 0.2) is 0 Å². The number of rotatable bonds is 2. The van der Waals surface area contributed by atoms with Crippen molar-refractivity contribution < 1.29 is 5.11 Å². The van der Waals surface area contributed by atoms with Gasteiger partial charge in [0, 0.05) is 30.5 Å². The second kappa shape index (κ2) is 6.00. The van der Waals surface area contributed by atoms with E-state index in [9.17, 15) is 5.11 Å². The van der Waals surface area contributed by atoms with Crippen molar-refractivity contribution >= 4 is 17.3 Å². The molecule has 1 aliphatic heterocycles. The van der Waals surface area contributed by atoms with Gasteiger partial charge in [-0.05, 0) is 61.2 Å². The Morgan fingerprint density at radius 3 is 2.71 bits per heavy atom. The number of hydrogen-bond donors (Lipinski definition) is 1. The fourth-order valence-corrected chi connectivity index (χ4v) is 2.86. The fraction of sp³-hybridized carbons (Fsp3) is 0.375. The fourth-order valence-electron chi connectivity index (χ4n) is 2.71. The number of aromatic nitrogens is 2. The Morgan fingerprint density at radius 1 is 1.24 bits per heavy atom. The molecule has 110 valence electrons. The van der Waals surface area contributed by atoms with Gasteiger partial charge in [-0.2, -0.15) is 0 Å². The number of aliphatic hydroxyl groups is 1. The summed E-state index contributed by atoms with van der Waals surface area (Å²) in [6, 6.07) is 8.26. The third kappa shape index (κ3) is 3.34. The lowest BCUT2D eigenvalue weighted by Crippen LogP contribution is -2.35. The minimum absolute atomic E-state index is 0.161. The molecule has 1 aromatic carbocycles. The molecule has 0 spiro atoms. The first-order valence-corrected chi connectivity index (χ1v) is 7.53. The summed E-state index contributed by atoms with van der Waals surface area (Å²) in [6.45, 7) is 3.85. The zero-order valence-corrected chi connectivity index (χ0v) is 12.7. The molecule has 0 saturated carbocycles. The van der Waals surface area contributed by atoms with Crippen LogP contribution in [0.2, 0.25) is 5.28 Å². The number of aliphatic hydroxyl groups excluding tert-OH is 1. The van der Waals surface area contributed by atoms with Crippen molar-refractivity contribution in [2.75, 3.05) is 18.0 Å². The third-order valence-corrected chi connectivity index (χ3v) is 4.00. The molecule has 2 aromatic rings. The van der Waals surface area contributed by atoms with Crippen molar-refractivity contribution in [2.24, 2.45) is 0 Å². The van der Waals surface area contributed by atoms with Crippen molar-refractivity contribution in [1.29, 1.82) is 0 Å². The maximum Gasteiger partial charge on any atom is 0.222 e. The number of anilines is 1. The highest BCUT2D eigenvalue weighted by molar-refractivity contribution is 6.28. The molecule has 21 heavy (non-hydrogen) atoms. The van der Waals surface area contributed by atoms with Crippen LogP contribution in [0.25, 0.3) is 11.3 Å². The lowest BCUT2D eigenvalue weighted by Gasteiger charge is -2.32. The van der Waals surface area contributed by atoms with E-state index in [4.69, 9.17) is 11.6 Å². The monoisotopic (exact) mass is 303 g/mol. The van der Waals surface area contributed by atoms with Gasteiger partial charge in [-0.15, -0.1) is 0 Å². The summed E-state index contributed by atoms with van der Waals surface area (Å²) in [4.78, 5) is 10.5. The molecule has 0 radical (unpaired) electrons. The molecule has 4 nitrogen and oxygen atoms in total. The molecule has 1 N–H and O–H groups in total. The maximum absolute atomic E-state index is 9.63. The molecule has 0 amide bonds. The molecule has 0 atom stereocenters. The van der Waals surface area contributed by atoms with Gasteiger partial charge in [-0.3, -0.25) is 0 Å². The van der Waals surface area contributed by atoms with E-state index in [0.29, 0.717) is 0 Å². The zero-order valence-electron chi connectivity index (χ0n) is 12.0. The van der Waals surface area contributed by atoms with Crippen LogP contribution >= 0.6 is 11.6 Å². The Hall–Kier alpha value is -1.65. The average Bonchev–Trinajstić information content (AvgIpc) is 2.47. The summed E-state index contributed by atoms with van der Waals surface area (Å²) in [5, 5.41) is 9.89. The van der Waals surface area contributed by atoms with E-state index in [1.54, 1.807) is 6.20 Å². The highest BCUT2D eigenvalue weighted by Crippen LogP contribution is 2.28. The molecular weight excluding hydrogens is 286 g/mol. The molecular formula is C16H18ClN3O. The smallest absolute Gasteiger partial charge is 0.222 e. The Labute approximate surface area is 129 Å². The maximum atomic E-state index is 9.63. The van der Waals surface area contributed by atoms with E-state index >= 15 is 0 Å². The molecule has 1 saturated heterocycles. The number of halogens is 1. The van der Waals surface area contributed by atoms with Gasteiger partial charge in [0.1, 0.15) is 0 Å². The SMILES string of the molecule is Cc1cc(-c2ccnc(Cl)n2)cc(N2CCC(O)CC2)c1. The predicted octanol–water partition coefficient (Wildman–Crippen LogP) is 3.07. The molecule has 1 aliphatic rings. The van der Waals surface area contributed by atoms with Crippen LogP contribution in [0.3, 0.4) is 0 Å². The summed E-state index contributed by atoms with van der Waals surface area (Å²) in [6.07, 6.45) is 3.15. The quantitative estimate of drug-likeness (QED) is 0.866. The van der Waals surface area contributed by atoms with E-state index in [1.807, 2.05) is 6.07 Å². The summed E-state index contributed by atoms with van der Waals surface area (Å²) >= 11 is 5.88. The normalized spacial score (nSPS) is 16.2. The average molecular weight is 304 g/mol. The predicted molar refractivity (Wildman–Crippen MR) is 84.7 cm³/mol. The van der Waals surface area contributed by atoms with E-state index in [0.717, 1.165) is 37.2 Å². The lowest BCUT2D eigenvalue weighted by molar-refractivity contribution is 0.145. The van der Waals surface area contributed by atoms with Gasteiger partial charge < -0.3 is 10.0 Å². The number of nitrogens with zero attached hydrogens (tertiary/aromatic N) is 3. The van der Waals surface area contributed by atoms with Crippen molar-refractivity contribution in [3.05, 3.63) is 41.3 Å². The van der Waals surface area contributed by atoms with Crippen molar-refractivity contribution in [2.45, 2.75) is 25.9 Å². The minimum Gasteiger partial charge on any atom is -0.393 e. The third-order valence-electron chi connectivity index (χ3n) is 3.81. The summed E-state index contributed by atoms with van der Waals surface area (Å²) in [5.41, 5.74) is 4.23. The standard InChI is InChI=1S/C16H18ClN3O/c1-11-8-12(15-2-5-18-16(17)19-15)10-13(9-11)20-6-3-14(21)4-7-20/h2,5,8-10,14,21H,3-4,6-7H2,1H3. The van der Waals surface area contributed by atoms with Gasteiger partial charge in [-0.25, -0.2) is 9.97 Å². The summed E-state index contributed by atoms with van der Waals surface area (Å²) in [7, 11) is 0. The van der Waals surface area contributed by atoms with Crippen molar-refractivity contribution in [1.82, 2.24) is 9.97 Å². The molecule has 1 fully saturated rings. The Morgan fingerprint density at radius 2 is 2.00 bits per heavy atom.